The van der Waals surface area contributed by atoms with Crippen molar-refractivity contribution < 1.29 is 22.4 Å². The number of carbonyl (C=O) groups excluding carboxylic acids is 2. The van der Waals surface area contributed by atoms with Gasteiger partial charge in [0.15, 0.2) is 21.4 Å². The number of aromatic amines is 1. The molecule has 2 heterocycles. The molecular formula is C31H31FN2O5S. The molecule has 7 nitrogen and oxygen atoms in total. The van der Waals surface area contributed by atoms with Gasteiger partial charge in [-0.25, -0.2) is 12.8 Å². The number of nitrogens with zero attached hydrogens (tertiary/aromatic N) is 1. The first-order chi connectivity index (χ1) is 19.0. The van der Waals surface area contributed by atoms with Crippen molar-refractivity contribution in [3.8, 4) is 11.1 Å². The van der Waals surface area contributed by atoms with E-state index in [2.05, 4.69) is 4.98 Å². The molecule has 1 aliphatic carbocycles. The molecule has 4 aromatic rings. The van der Waals surface area contributed by atoms with E-state index in [1.165, 1.54) is 12.3 Å². The van der Waals surface area contributed by atoms with Gasteiger partial charge in [0.05, 0.1) is 5.69 Å². The third kappa shape index (κ3) is 4.62. The number of sulfone groups is 1. The Morgan fingerprint density at radius 2 is 1.82 bits per heavy atom. The average molecular weight is 563 g/mol. The second-order valence-electron chi connectivity index (χ2n) is 10.6. The van der Waals surface area contributed by atoms with Crippen molar-refractivity contribution in [3.63, 3.8) is 0 Å². The third-order valence-electron chi connectivity index (χ3n) is 7.88. The summed E-state index contributed by atoms with van der Waals surface area (Å²) in [5, 5.41) is 0.606. The molecule has 0 amide bonds. The van der Waals surface area contributed by atoms with Gasteiger partial charge < -0.3 is 9.55 Å². The molecule has 2 aromatic heterocycles. The lowest BCUT2D eigenvalue weighted by atomic mass is 10.0. The number of Topliss-reactive ketones (excluding diaryl/α,β-unsaturated/α-hetero) is 2. The minimum atomic E-state index is -4.14. The molecule has 0 bridgehead atoms. The summed E-state index contributed by atoms with van der Waals surface area (Å²) >= 11 is 0. The van der Waals surface area contributed by atoms with Gasteiger partial charge in [0, 0.05) is 41.2 Å². The van der Waals surface area contributed by atoms with Crippen LogP contribution in [0.4, 0.5) is 4.39 Å². The number of carbonyl (C=O) groups is 2. The third-order valence-corrected chi connectivity index (χ3v) is 10.4. The van der Waals surface area contributed by atoms with Crippen LogP contribution in [0.15, 0.2) is 59.5 Å². The van der Waals surface area contributed by atoms with E-state index in [-0.39, 0.29) is 42.8 Å². The second-order valence-corrected chi connectivity index (χ2v) is 12.9. The number of aromatic nitrogens is 2. The SMILES string of the molecule is CCCC(=O)C1(S(=O)(=O)CC(=O)c2c(-c3ccc[nH]c3=O)c3cc(C)ccc3n2Cc2cccc(F)c2C)CC1. The molecule has 40 heavy (non-hydrogen) atoms. The van der Waals surface area contributed by atoms with Gasteiger partial charge in [0.25, 0.3) is 5.56 Å². The van der Waals surface area contributed by atoms with Crippen molar-refractivity contribution in [3.05, 3.63) is 93.3 Å². The van der Waals surface area contributed by atoms with E-state index >= 15 is 0 Å². The topological polar surface area (TPSA) is 106 Å². The smallest absolute Gasteiger partial charge is 0.255 e. The highest BCUT2D eigenvalue weighted by Crippen LogP contribution is 2.46. The highest BCUT2D eigenvalue weighted by molar-refractivity contribution is 7.94. The zero-order valence-electron chi connectivity index (χ0n) is 22.7. The minimum Gasteiger partial charge on any atom is -0.333 e. The van der Waals surface area contributed by atoms with Crippen molar-refractivity contribution in [1.82, 2.24) is 9.55 Å². The zero-order valence-corrected chi connectivity index (χ0v) is 23.5. The fourth-order valence-corrected chi connectivity index (χ4v) is 7.45. The summed E-state index contributed by atoms with van der Waals surface area (Å²) in [5.74, 6) is -2.33. The van der Waals surface area contributed by atoms with Crippen LogP contribution in [0.1, 0.15) is 59.8 Å². The highest BCUT2D eigenvalue weighted by atomic mass is 32.2. The first kappa shape index (κ1) is 27.7. The number of fused-ring (bicyclic) bond motifs is 1. The molecule has 0 aliphatic heterocycles. The number of nitrogens with one attached hydrogen (secondary N) is 1. The molecule has 208 valence electrons. The van der Waals surface area contributed by atoms with Crippen LogP contribution < -0.4 is 5.56 Å². The molecule has 1 aliphatic rings. The van der Waals surface area contributed by atoms with E-state index < -0.39 is 37.5 Å². The first-order valence-corrected chi connectivity index (χ1v) is 15.0. The van der Waals surface area contributed by atoms with E-state index in [9.17, 15) is 27.2 Å². The van der Waals surface area contributed by atoms with Crippen LogP contribution >= 0.6 is 0 Å². The summed E-state index contributed by atoms with van der Waals surface area (Å²) in [7, 11) is -4.14. The Morgan fingerprint density at radius 3 is 2.50 bits per heavy atom. The van der Waals surface area contributed by atoms with Gasteiger partial charge in [0.1, 0.15) is 16.3 Å². The Kier molecular flexibility index (Phi) is 7.12. The Balaban J connectivity index is 1.75. The summed E-state index contributed by atoms with van der Waals surface area (Å²) in [6.07, 6.45) is 2.55. The molecule has 0 saturated heterocycles. The summed E-state index contributed by atoms with van der Waals surface area (Å²) < 4.78 is 41.8. The Hall–Kier alpha value is -3.85. The standard InChI is InChI=1S/C31H31FN2O5S/c1-4-7-27(36)31(13-14-31)40(38,39)18-26(35)29-28(22-9-6-15-33-30(22)37)23-16-19(2)11-12-25(23)34(29)17-21-8-5-10-24(32)20(21)3/h5-6,8-12,15-16H,4,7,13-14,17-18H2,1-3H3,(H,33,37). The lowest BCUT2D eigenvalue weighted by Crippen LogP contribution is -2.37. The molecule has 5 rings (SSSR count). The van der Waals surface area contributed by atoms with Gasteiger partial charge in [-0.3, -0.25) is 14.4 Å². The first-order valence-electron chi connectivity index (χ1n) is 13.3. The fourth-order valence-electron chi connectivity index (χ4n) is 5.52. The van der Waals surface area contributed by atoms with Crippen molar-refractivity contribution in [2.24, 2.45) is 0 Å². The molecule has 0 atom stereocenters. The van der Waals surface area contributed by atoms with Crippen LogP contribution in [0, 0.1) is 19.7 Å². The largest absolute Gasteiger partial charge is 0.333 e. The Bertz CT molecular complexity index is 1830. The fraction of sp³-hybridized carbons (Fsp3) is 0.323. The van der Waals surface area contributed by atoms with E-state index in [0.717, 1.165) is 5.56 Å². The van der Waals surface area contributed by atoms with Crippen molar-refractivity contribution in [2.75, 3.05) is 5.75 Å². The van der Waals surface area contributed by atoms with Crippen LogP contribution in [-0.2, 0) is 21.2 Å². The Labute approximate surface area is 232 Å². The molecule has 1 N–H and O–H groups in total. The number of rotatable bonds is 10. The maximum atomic E-state index is 14.5. The van der Waals surface area contributed by atoms with Crippen molar-refractivity contribution in [2.45, 2.75) is 57.7 Å². The summed E-state index contributed by atoms with van der Waals surface area (Å²) in [6, 6.07) is 13.4. The molecule has 0 radical (unpaired) electrons. The zero-order chi connectivity index (χ0) is 28.8. The number of aryl methyl sites for hydroxylation is 1. The molecular weight excluding hydrogens is 531 g/mol. The highest BCUT2D eigenvalue weighted by Gasteiger charge is 2.59. The molecule has 1 fully saturated rings. The van der Waals surface area contributed by atoms with Gasteiger partial charge in [-0.05, 0) is 74.6 Å². The van der Waals surface area contributed by atoms with Crippen molar-refractivity contribution in [1.29, 1.82) is 0 Å². The lowest BCUT2D eigenvalue weighted by molar-refractivity contribution is -0.119. The number of benzene rings is 2. The van der Waals surface area contributed by atoms with E-state index in [0.29, 0.717) is 34.0 Å². The monoisotopic (exact) mass is 562 g/mol. The number of H-pyrrole nitrogens is 1. The molecule has 9 heteroatoms. The van der Waals surface area contributed by atoms with Crippen LogP contribution in [0.25, 0.3) is 22.0 Å². The van der Waals surface area contributed by atoms with Gasteiger partial charge in [-0.1, -0.05) is 30.7 Å². The number of hydrogen-bond acceptors (Lipinski definition) is 5. The van der Waals surface area contributed by atoms with Crippen LogP contribution in [-0.4, -0.2) is 40.0 Å². The summed E-state index contributed by atoms with van der Waals surface area (Å²) in [5.41, 5.74) is 2.66. The van der Waals surface area contributed by atoms with Gasteiger partial charge >= 0.3 is 0 Å². The molecule has 1 saturated carbocycles. The number of hydrogen-bond donors (Lipinski definition) is 1. The maximum Gasteiger partial charge on any atom is 0.255 e. The predicted molar refractivity (Wildman–Crippen MR) is 153 cm³/mol. The van der Waals surface area contributed by atoms with Crippen molar-refractivity contribution >= 4 is 32.3 Å². The summed E-state index contributed by atoms with van der Waals surface area (Å²) in [6.45, 7) is 5.42. The summed E-state index contributed by atoms with van der Waals surface area (Å²) in [4.78, 5) is 42.6. The Morgan fingerprint density at radius 1 is 1.07 bits per heavy atom. The quantitative estimate of drug-likeness (QED) is 0.264. The van der Waals surface area contributed by atoms with Crippen LogP contribution in [0.3, 0.4) is 0 Å². The predicted octanol–water partition coefficient (Wildman–Crippen LogP) is 5.30. The molecule has 0 unspecified atom stereocenters. The minimum absolute atomic E-state index is 0.0447. The van der Waals surface area contributed by atoms with Gasteiger partial charge in [-0.15, -0.1) is 0 Å². The van der Waals surface area contributed by atoms with E-state index in [1.54, 1.807) is 35.8 Å². The number of ketones is 2. The number of pyridine rings is 1. The molecule has 2 aromatic carbocycles. The lowest BCUT2D eigenvalue weighted by Gasteiger charge is -2.17. The normalized spacial score (nSPS) is 14.4. The molecule has 0 spiro atoms. The average Bonchev–Trinajstić information content (AvgIpc) is 3.67. The van der Waals surface area contributed by atoms with E-state index in [4.69, 9.17) is 0 Å². The second kappa shape index (κ2) is 10.3. The van der Waals surface area contributed by atoms with E-state index in [1.807, 2.05) is 32.0 Å². The maximum absolute atomic E-state index is 14.5. The van der Waals surface area contributed by atoms with Crippen LogP contribution in [0.2, 0.25) is 0 Å². The number of halogens is 1. The van der Waals surface area contributed by atoms with Crippen LogP contribution in [0.5, 0.6) is 0 Å². The van der Waals surface area contributed by atoms with Gasteiger partial charge in [-0.2, -0.15) is 0 Å². The van der Waals surface area contributed by atoms with Gasteiger partial charge in [0.2, 0.25) is 0 Å².